The van der Waals surface area contributed by atoms with Gasteiger partial charge in [-0.2, -0.15) is 10.2 Å². The van der Waals surface area contributed by atoms with Crippen molar-refractivity contribution >= 4 is 33.5 Å². The molecule has 0 aliphatic rings. The fraction of sp³-hybridized carbons (Fsp3) is 0.0833. The van der Waals surface area contributed by atoms with Crippen LogP contribution in [0.15, 0.2) is 107 Å². The Bertz CT molecular complexity index is 1070. The van der Waals surface area contributed by atoms with E-state index in [9.17, 15) is 0 Å². The predicted molar refractivity (Wildman–Crippen MR) is 118 cm³/mol. The van der Waals surface area contributed by atoms with E-state index in [0.29, 0.717) is 0 Å². The zero-order valence-electron chi connectivity index (χ0n) is 15.8. The number of rotatable bonds is 6. The first kappa shape index (κ1) is 17.7. The highest BCUT2D eigenvalue weighted by atomic mass is 15.5. The van der Waals surface area contributed by atoms with Crippen molar-refractivity contribution in [1.29, 1.82) is 0 Å². The molecule has 0 atom stereocenters. The van der Waals surface area contributed by atoms with Gasteiger partial charge in [-0.3, -0.25) is 10.4 Å². The van der Waals surface area contributed by atoms with Gasteiger partial charge in [0.25, 0.3) is 0 Å². The number of azo groups is 1. The molecular weight excluding hydrogens is 344 g/mol. The van der Waals surface area contributed by atoms with Crippen LogP contribution in [0.3, 0.4) is 0 Å². The monoisotopic (exact) mass is 366 g/mol. The van der Waals surface area contributed by atoms with Crippen LogP contribution >= 0.6 is 0 Å². The number of anilines is 2. The molecule has 0 spiro atoms. The molecule has 4 nitrogen and oxygen atoms in total. The van der Waals surface area contributed by atoms with Gasteiger partial charge >= 0.3 is 0 Å². The summed E-state index contributed by atoms with van der Waals surface area (Å²) >= 11 is 0. The van der Waals surface area contributed by atoms with Gasteiger partial charge in [-0.25, -0.2) is 0 Å². The molecule has 4 rings (SSSR count). The molecule has 0 fully saturated rings. The van der Waals surface area contributed by atoms with E-state index in [-0.39, 0.29) is 0 Å². The van der Waals surface area contributed by atoms with Crippen LogP contribution in [-0.4, -0.2) is 6.54 Å². The van der Waals surface area contributed by atoms with E-state index in [2.05, 4.69) is 70.1 Å². The van der Waals surface area contributed by atoms with Crippen LogP contribution in [0.25, 0.3) is 10.8 Å². The van der Waals surface area contributed by atoms with Gasteiger partial charge in [-0.1, -0.05) is 54.6 Å². The second kappa shape index (κ2) is 8.35. The van der Waals surface area contributed by atoms with E-state index in [4.69, 9.17) is 0 Å². The van der Waals surface area contributed by atoms with Crippen LogP contribution in [0.5, 0.6) is 0 Å². The smallest absolute Gasteiger partial charge is 0.0858 e. The summed E-state index contributed by atoms with van der Waals surface area (Å²) in [5.74, 6) is 0. The van der Waals surface area contributed by atoms with Crippen LogP contribution in [0, 0.1) is 0 Å². The van der Waals surface area contributed by atoms with E-state index in [1.165, 1.54) is 10.8 Å². The van der Waals surface area contributed by atoms with E-state index in [0.717, 1.165) is 29.3 Å². The van der Waals surface area contributed by atoms with Crippen molar-refractivity contribution in [3.8, 4) is 0 Å². The molecule has 0 saturated carbocycles. The first-order chi connectivity index (χ1) is 13.8. The zero-order chi connectivity index (χ0) is 19.2. The molecule has 1 N–H and O–H groups in total. The lowest BCUT2D eigenvalue weighted by molar-refractivity contribution is 0.953. The van der Waals surface area contributed by atoms with E-state index in [1.807, 2.05) is 54.6 Å². The Hall–Kier alpha value is -3.66. The zero-order valence-corrected chi connectivity index (χ0v) is 15.8. The fourth-order valence-corrected chi connectivity index (χ4v) is 3.12. The van der Waals surface area contributed by atoms with Crippen LogP contribution in [0.4, 0.5) is 22.7 Å². The summed E-state index contributed by atoms with van der Waals surface area (Å²) in [5, 5.41) is 13.2. The van der Waals surface area contributed by atoms with Crippen LogP contribution in [0.2, 0.25) is 0 Å². The summed E-state index contributed by atoms with van der Waals surface area (Å²) in [7, 11) is 0. The Kier molecular flexibility index (Phi) is 5.29. The van der Waals surface area contributed by atoms with Crippen molar-refractivity contribution in [2.24, 2.45) is 10.2 Å². The summed E-state index contributed by atoms with van der Waals surface area (Å²) in [6.07, 6.45) is 0. The van der Waals surface area contributed by atoms with Crippen LogP contribution < -0.4 is 10.4 Å². The maximum atomic E-state index is 4.30. The fourth-order valence-electron chi connectivity index (χ4n) is 3.12. The normalized spacial score (nSPS) is 11.0. The third-order valence-electron chi connectivity index (χ3n) is 4.54. The van der Waals surface area contributed by atoms with Crippen molar-refractivity contribution in [1.82, 2.24) is 0 Å². The number of nitrogens with one attached hydrogen (secondary N) is 1. The van der Waals surface area contributed by atoms with Crippen molar-refractivity contribution in [3.63, 3.8) is 0 Å². The quantitative estimate of drug-likeness (QED) is 0.292. The third-order valence-corrected chi connectivity index (χ3v) is 4.54. The molecule has 0 aliphatic heterocycles. The Morgan fingerprint density at radius 2 is 1.32 bits per heavy atom. The van der Waals surface area contributed by atoms with Gasteiger partial charge in [0.1, 0.15) is 0 Å². The van der Waals surface area contributed by atoms with Crippen molar-refractivity contribution in [2.75, 3.05) is 17.0 Å². The van der Waals surface area contributed by atoms with Gasteiger partial charge < -0.3 is 0 Å². The predicted octanol–water partition coefficient (Wildman–Crippen LogP) is 7.11. The third kappa shape index (κ3) is 4.01. The highest BCUT2D eigenvalue weighted by Crippen LogP contribution is 2.27. The number of fused-ring (bicyclic) bond motifs is 1. The highest BCUT2D eigenvalue weighted by Gasteiger charge is 2.08. The minimum Gasteiger partial charge on any atom is -0.298 e. The molecule has 4 aromatic carbocycles. The molecule has 0 unspecified atom stereocenters. The van der Waals surface area contributed by atoms with Crippen molar-refractivity contribution in [3.05, 3.63) is 97.1 Å². The minimum absolute atomic E-state index is 0.822. The van der Waals surface area contributed by atoms with Crippen LogP contribution in [0.1, 0.15) is 6.92 Å². The molecule has 138 valence electrons. The second-order valence-electron chi connectivity index (χ2n) is 6.44. The van der Waals surface area contributed by atoms with Gasteiger partial charge in [0.15, 0.2) is 0 Å². The molecule has 4 aromatic rings. The van der Waals surface area contributed by atoms with Crippen LogP contribution in [-0.2, 0) is 0 Å². The Balaban J connectivity index is 1.52. The van der Waals surface area contributed by atoms with Crippen molar-refractivity contribution in [2.45, 2.75) is 6.92 Å². The SMILES string of the molecule is CCN(Nc1ccc(N=Nc2ccccc2)cc1)c1cccc2ccccc12. The van der Waals surface area contributed by atoms with Gasteiger partial charge in [0, 0.05) is 11.9 Å². The number of hydrogen-bond donors (Lipinski definition) is 1. The number of benzene rings is 4. The average Bonchev–Trinajstić information content (AvgIpc) is 2.77. The topological polar surface area (TPSA) is 40.0 Å². The first-order valence-corrected chi connectivity index (χ1v) is 9.42. The van der Waals surface area contributed by atoms with E-state index < -0.39 is 0 Å². The minimum atomic E-state index is 0.822. The Morgan fingerprint density at radius 3 is 2.07 bits per heavy atom. The molecule has 0 heterocycles. The maximum Gasteiger partial charge on any atom is 0.0858 e. The second-order valence-corrected chi connectivity index (χ2v) is 6.44. The summed E-state index contributed by atoms with van der Waals surface area (Å²) in [6, 6.07) is 32.5. The molecule has 28 heavy (non-hydrogen) atoms. The van der Waals surface area contributed by atoms with Gasteiger partial charge in [-0.05, 0) is 54.8 Å². The van der Waals surface area contributed by atoms with E-state index in [1.54, 1.807) is 0 Å². The Labute approximate surface area is 165 Å². The summed E-state index contributed by atoms with van der Waals surface area (Å²) in [5.41, 5.74) is 7.33. The summed E-state index contributed by atoms with van der Waals surface area (Å²) in [4.78, 5) is 0. The molecule has 0 aromatic heterocycles. The van der Waals surface area contributed by atoms with Gasteiger partial charge in [-0.15, -0.1) is 0 Å². The largest absolute Gasteiger partial charge is 0.298 e. The maximum absolute atomic E-state index is 4.30. The molecular formula is C24H22N4. The summed E-state index contributed by atoms with van der Waals surface area (Å²) in [6.45, 7) is 2.97. The number of hydrogen-bond acceptors (Lipinski definition) is 4. The first-order valence-electron chi connectivity index (χ1n) is 9.42. The lowest BCUT2D eigenvalue weighted by Gasteiger charge is -2.26. The lowest BCUT2D eigenvalue weighted by Crippen LogP contribution is -2.29. The van der Waals surface area contributed by atoms with Crippen molar-refractivity contribution < 1.29 is 0 Å². The van der Waals surface area contributed by atoms with E-state index >= 15 is 0 Å². The number of hydrazine groups is 1. The molecule has 0 saturated heterocycles. The average molecular weight is 366 g/mol. The Morgan fingerprint density at radius 1 is 0.679 bits per heavy atom. The van der Waals surface area contributed by atoms with Gasteiger partial charge in [0.2, 0.25) is 0 Å². The summed E-state index contributed by atoms with van der Waals surface area (Å²) < 4.78 is 0. The molecule has 0 bridgehead atoms. The molecule has 0 radical (unpaired) electrons. The molecule has 0 amide bonds. The molecule has 4 heteroatoms. The number of nitrogens with zero attached hydrogens (tertiary/aromatic N) is 3. The standard InChI is InChI=1S/C24H22N4/c1-2-28(24-14-8-10-19-9-6-7-13-23(19)24)27-22-17-15-21(16-18-22)26-25-20-11-4-3-5-12-20/h3-18,27H,2H2,1H3. The molecule has 0 aliphatic carbocycles. The lowest BCUT2D eigenvalue weighted by atomic mass is 10.1. The highest BCUT2D eigenvalue weighted by molar-refractivity contribution is 5.94. The van der Waals surface area contributed by atoms with Gasteiger partial charge in [0.05, 0.1) is 22.7 Å².